The van der Waals surface area contributed by atoms with E-state index in [0.29, 0.717) is 31.2 Å². The quantitative estimate of drug-likeness (QED) is 0.848. The number of hydrogen-bond donors (Lipinski definition) is 1. The van der Waals surface area contributed by atoms with Gasteiger partial charge in [0.05, 0.1) is 6.42 Å². The number of piperidine rings is 1. The fourth-order valence-electron chi connectivity index (χ4n) is 3.35. The van der Waals surface area contributed by atoms with Crippen LogP contribution < -0.4 is 4.74 Å². The maximum Gasteiger partial charge on any atom is 0.326 e. The molecule has 1 aliphatic rings. The van der Waals surface area contributed by atoms with Crippen molar-refractivity contribution in [1.29, 1.82) is 0 Å². The number of aromatic nitrogens is 1. The van der Waals surface area contributed by atoms with Gasteiger partial charge in [0.1, 0.15) is 18.4 Å². The van der Waals surface area contributed by atoms with Crippen LogP contribution in [0.5, 0.6) is 5.75 Å². The predicted molar refractivity (Wildman–Crippen MR) is 100 cm³/mol. The van der Waals surface area contributed by atoms with Gasteiger partial charge in [-0.1, -0.05) is 25.1 Å². The third-order valence-electron chi connectivity index (χ3n) is 4.85. The molecule has 0 bridgehead atoms. The van der Waals surface area contributed by atoms with Crippen LogP contribution in [0.4, 0.5) is 0 Å². The summed E-state index contributed by atoms with van der Waals surface area (Å²) < 4.78 is 5.77. The summed E-state index contributed by atoms with van der Waals surface area (Å²) in [5.41, 5.74) is 1.78. The molecule has 1 aromatic heterocycles. The highest BCUT2D eigenvalue weighted by atomic mass is 16.5. The largest absolute Gasteiger partial charge is 0.489 e. The van der Waals surface area contributed by atoms with Crippen LogP contribution in [-0.2, 0) is 22.6 Å². The number of carboxylic acids is 1. The number of aliphatic carboxylic acids is 1. The van der Waals surface area contributed by atoms with Crippen molar-refractivity contribution in [3.63, 3.8) is 0 Å². The highest BCUT2D eigenvalue weighted by Gasteiger charge is 2.34. The lowest BCUT2D eigenvalue weighted by Crippen LogP contribution is -2.50. The van der Waals surface area contributed by atoms with Crippen LogP contribution in [0.25, 0.3) is 0 Å². The molecule has 1 amide bonds. The molecule has 142 valence electrons. The monoisotopic (exact) mass is 368 g/mol. The maximum atomic E-state index is 12.7. The van der Waals surface area contributed by atoms with Crippen molar-refractivity contribution in [3.8, 4) is 5.75 Å². The summed E-state index contributed by atoms with van der Waals surface area (Å²) in [4.78, 5) is 29.8. The van der Waals surface area contributed by atoms with Crippen molar-refractivity contribution in [2.75, 3.05) is 6.54 Å². The minimum absolute atomic E-state index is 0.154. The van der Waals surface area contributed by atoms with E-state index < -0.39 is 12.0 Å². The van der Waals surface area contributed by atoms with Crippen molar-refractivity contribution in [1.82, 2.24) is 9.88 Å². The Morgan fingerprint density at radius 2 is 2.07 bits per heavy atom. The SMILES string of the molecule is CC1CCN(C(=O)Cc2cccc(OCc3cccnc3)c2)C(C(=O)O)C1. The molecule has 6 nitrogen and oxygen atoms in total. The normalized spacial score (nSPS) is 19.5. The number of ether oxygens (including phenoxy) is 1. The topological polar surface area (TPSA) is 79.7 Å². The molecular weight excluding hydrogens is 344 g/mol. The van der Waals surface area contributed by atoms with Crippen molar-refractivity contribution in [3.05, 3.63) is 59.9 Å². The van der Waals surface area contributed by atoms with E-state index in [4.69, 9.17) is 4.74 Å². The van der Waals surface area contributed by atoms with Gasteiger partial charge in [-0.2, -0.15) is 0 Å². The average Bonchev–Trinajstić information content (AvgIpc) is 2.67. The van der Waals surface area contributed by atoms with Gasteiger partial charge in [0.25, 0.3) is 0 Å². The standard InChI is InChI=1S/C21H24N2O4/c1-15-7-9-23(19(10-15)21(25)26)20(24)12-16-4-2-6-18(11-16)27-14-17-5-3-8-22-13-17/h2-6,8,11,13,15,19H,7,9-10,12,14H2,1H3,(H,25,26). The van der Waals surface area contributed by atoms with E-state index in [2.05, 4.69) is 4.98 Å². The number of carbonyl (C=O) groups is 2. The van der Waals surface area contributed by atoms with Gasteiger partial charge in [-0.25, -0.2) is 4.79 Å². The highest BCUT2D eigenvalue weighted by molar-refractivity contribution is 5.85. The van der Waals surface area contributed by atoms with E-state index in [0.717, 1.165) is 17.5 Å². The van der Waals surface area contributed by atoms with Crippen LogP contribution in [0.2, 0.25) is 0 Å². The van der Waals surface area contributed by atoms with E-state index in [1.807, 2.05) is 43.3 Å². The summed E-state index contributed by atoms with van der Waals surface area (Å²) >= 11 is 0. The zero-order chi connectivity index (χ0) is 19.2. The molecule has 0 aliphatic carbocycles. The van der Waals surface area contributed by atoms with Crippen molar-refractivity contribution in [2.24, 2.45) is 5.92 Å². The Morgan fingerprint density at radius 3 is 2.81 bits per heavy atom. The van der Waals surface area contributed by atoms with Gasteiger partial charge >= 0.3 is 5.97 Å². The molecule has 2 unspecified atom stereocenters. The minimum atomic E-state index is -0.927. The van der Waals surface area contributed by atoms with Crippen molar-refractivity contribution < 1.29 is 19.4 Å². The summed E-state index contributed by atoms with van der Waals surface area (Å²) in [6.45, 7) is 2.92. The lowest BCUT2D eigenvalue weighted by Gasteiger charge is -2.36. The smallest absolute Gasteiger partial charge is 0.326 e. The Labute approximate surface area is 158 Å². The Morgan fingerprint density at radius 1 is 1.26 bits per heavy atom. The van der Waals surface area contributed by atoms with Gasteiger partial charge in [0.2, 0.25) is 5.91 Å². The number of rotatable bonds is 6. The van der Waals surface area contributed by atoms with Crippen molar-refractivity contribution >= 4 is 11.9 Å². The molecule has 2 heterocycles. The number of pyridine rings is 1. The van der Waals surface area contributed by atoms with Crippen molar-refractivity contribution in [2.45, 2.75) is 38.8 Å². The highest BCUT2D eigenvalue weighted by Crippen LogP contribution is 2.24. The Kier molecular flexibility index (Phi) is 6.06. The predicted octanol–water partition coefficient (Wildman–Crippen LogP) is 2.91. The molecule has 6 heteroatoms. The third kappa shape index (κ3) is 5.06. The molecule has 1 saturated heterocycles. The number of likely N-dealkylation sites (tertiary alicyclic amines) is 1. The number of amides is 1. The van der Waals surface area contributed by atoms with Crippen LogP contribution in [0, 0.1) is 5.92 Å². The summed E-state index contributed by atoms with van der Waals surface area (Å²) in [6.07, 6.45) is 4.97. The molecule has 1 N–H and O–H groups in total. The van der Waals surface area contributed by atoms with Gasteiger partial charge in [0.15, 0.2) is 0 Å². The fourth-order valence-corrected chi connectivity index (χ4v) is 3.35. The van der Waals surface area contributed by atoms with E-state index in [9.17, 15) is 14.7 Å². The lowest BCUT2D eigenvalue weighted by molar-refractivity contribution is -0.152. The van der Waals surface area contributed by atoms with E-state index >= 15 is 0 Å². The number of benzene rings is 1. The molecular formula is C21H24N2O4. The van der Waals surface area contributed by atoms with E-state index in [1.54, 1.807) is 12.4 Å². The fraction of sp³-hybridized carbons (Fsp3) is 0.381. The maximum absolute atomic E-state index is 12.7. The molecule has 0 saturated carbocycles. The molecule has 0 spiro atoms. The number of hydrogen-bond acceptors (Lipinski definition) is 4. The molecule has 0 radical (unpaired) electrons. The second-order valence-corrected chi connectivity index (χ2v) is 7.04. The number of carboxylic acid groups (broad SMARTS) is 1. The Bertz CT molecular complexity index is 794. The van der Waals surface area contributed by atoms with Crippen LogP contribution in [0.3, 0.4) is 0 Å². The first-order valence-corrected chi connectivity index (χ1v) is 9.16. The second kappa shape index (κ2) is 8.66. The Hall–Kier alpha value is -2.89. The summed E-state index contributed by atoms with van der Waals surface area (Å²) in [6, 6.07) is 10.4. The van der Waals surface area contributed by atoms with E-state index in [1.165, 1.54) is 4.90 Å². The number of nitrogens with zero attached hydrogens (tertiary/aromatic N) is 2. The third-order valence-corrected chi connectivity index (χ3v) is 4.85. The van der Waals surface area contributed by atoms with Crippen LogP contribution >= 0.6 is 0 Å². The minimum Gasteiger partial charge on any atom is -0.489 e. The van der Waals surface area contributed by atoms with Crippen LogP contribution in [0.15, 0.2) is 48.8 Å². The van der Waals surface area contributed by atoms with Crippen LogP contribution in [-0.4, -0.2) is 39.5 Å². The summed E-state index contributed by atoms with van der Waals surface area (Å²) in [7, 11) is 0. The zero-order valence-corrected chi connectivity index (χ0v) is 15.4. The lowest BCUT2D eigenvalue weighted by atomic mass is 9.92. The molecule has 1 fully saturated rings. The Balaban J connectivity index is 1.63. The van der Waals surface area contributed by atoms with E-state index in [-0.39, 0.29) is 12.3 Å². The summed E-state index contributed by atoms with van der Waals surface area (Å²) in [5.74, 6) is -0.0901. The molecule has 2 aromatic rings. The van der Waals surface area contributed by atoms with Crippen LogP contribution in [0.1, 0.15) is 30.9 Å². The molecule has 1 aliphatic heterocycles. The van der Waals surface area contributed by atoms with Gasteiger partial charge in [0, 0.05) is 24.5 Å². The second-order valence-electron chi connectivity index (χ2n) is 7.04. The first-order chi connectivity index (χ1) is 13.0. The number of carbonyl (C=O) groups excluding carboxylic acids is 1. The molecule has 27 heavy (non-hydrogen) atoms. The van der Waals surface area contributed by atoms with Gasteiger partial charge < -0.3 is 14.7 Å². The van der Waals surface area contributed by atoms with Gasteiger partial charge in [-0.05, 0) is 42.5 Å². The molecule has 2 atom stereocenters. The zero-order valence-electron chi connectivity index (χ0n) is 15.4. The molecule has 3 rings (SSSR count). The average molecular weight is 368 g/mol. The first kappa shape index (κ1) is 18.9. The summed E-state index contributed by atoms with van der Waals surface area (Å²) in [5, 5.41) is 9.44. The van der Waals surface area contributed by atoms with Gasteiger partial charge in [-0.3, -0.25) is 9.78 Å². The van der Waals surface area contributed by atoms with Gasteiger partial charge in [-0.15, -0.1) is 0 Å². The first-order valence-electron chi connectivity index (χ1n) is 9.16. The molecule has 1 aromatic carbocycles.